The Bertz CT molecular complexity index is 822. The summed E-state index contributed by atoms with van der Waals surface area (Å²) in [5.41, 5.74) is -0.981. The van der Waals surface area contributed by atoms with Crippen molar-refractivity contribution in [3.63, 3.8) is 0 Å². The van der Waals surface area contributed by atoms with Gasteiger partial charge in [0.1, 0.15) is 12.1 Å². The molecule has 2 fully saturated rings. The molecule has 3 rings (SSSR count). The first kappa shape index (κ1) is 18.8. The fraction of sp³-hybridized carbons (Fsp3) is 0.444. The Morgan fingerprint density at radius 1 is 1.33 bits per heavy atom. The standard InChI is InChI=1S/C18H19FN2O6/c1-18(11-4-5-11)16(24)21(17(25)20-18)8-15(23)27-9-13(22)10-3-6-14(26-2)12(19)7-10/h3,6-7,11H,4-5,8-9H2,1-2H3,(H,20,25)/t18-/m0/s1. The number of hydrogen-bond donors (Lipinski definition) is 1. The van der Waals surface area contributed by atoms with E-state index in [9.17, 15) is 23.6 Å². The summed E-state index contributed by atoms with van der Waals surface area (Å²) in [5.74, 6) is -2.66. The Morgan fingerprint density at radius 2 is 2.04 bits per heavy atom. The molecule has 1 aromatic carbocycles. The molecule has 1 aromatic rings. The third kappa shape index (κ3) is 3.62. The van der Waals surface area contributed by atoms with E-state index in [0.29, 0.717) is 0 Å². The Morgan fingerprint density at radius 3 is 2.63 bits per heavy atom. The highest BCUT2D eigenvalue weighted by Crippen LogP contribution is 2.42. The van der Waals surface area contributed by atoms with Crippen molar-refractivity contribution in [2.45, 2.75) is 25.3 Å². The normalized spacial score (nSPS) is 21.8. The molecule has 0 aromatic heterocycles. The van der Waals surface area contributed by atoms with E-state index in [0.717, 1.165) is 23.8 Å². The van der Waals surface area contributed by atoms with E-state index in [4.69, 9.17) is 9.47 Å². The second kappa shape index (κ2) is 6.98. The minimum absolute atomic E-state index is 0.0115. The number of rotatable bonds is 7. The number of ketones is 1. The van der Waals surface area contributed by atoms with Gasteiger partial charge in [0.15, 0.2) is 24.0 Å². The number of Topliss-reactive ketones (excluding diaryl/α,β-unsaturated/α-hetero) is 1. The molecule has 1 saturated carbocycles. The van der Waals surface area contributed by atoms with Gasteiger partial charge in [-0.2, -0.15) is 0 Å². The summed E-state index contributed by atoms with van der Waals surface area (Å²) in [4.78, 5) is 49.2. The summed E-state index contributed by atoms with van der Waals surface area (Å²) < 4.78 is 23.2. The van der Waals surface area contributed by atoms with Gasteiger partial charge in [-0.25, -0.2) is 9.18 Å². The number of urea groups is 1. The number of methoxy groups -OCH3 is 1. The van der Waals surface area contributed by atoms with Gasteiger partial charge in [-0.15, -0.1) is 0 Å². The van der Waals surface area contributed by atoms with Crippen molar-refractivity contribution < 1.29 is 33.0 Å². The molecule has 144 valence electrons. The first-order chi connectivity index (χ1) is 12.8. The fourth-order valence-corrected chi connectivity index (χ4v) is 3.04. The van der Waals surface area contributed by atoms with Crippen LogP contribution in [-0.4, -0.2) is 54.4 Å². The molecule has 27 heavy (non-hydrogen) atoms. The molecule has 8 nitrogen and oxygen atoms in total. The van der Waals surface area contributed by atoms with Crippen LogP contribution in [0.3, 0.4) is 0 Å². The topological polar surface area (TPSA) is 102 Å². The predicted octanol–water partition coefficient (Wildman–Crippen LogP) is 1.28. The third-order valence-electron chi connectivity index (χ3n) is 4.82. The molecule has 2 aliphatic rings. The van der Waals surface area contributed by atoms with E-state index in [2.05, 4.69) is 5.32 Å². The van der Waals surface area contributed by atoms with Crippen molar-refractivity contribution in [2.24, 2.45) is 5.92 Å². The van der Waals surface area contributed by atoms with E-state index in [1.54, 1.807) is 6.92 Å². The molecular weight excluding hydrogens is 359 g/mol. The second-order valence-electron chi connectivity index (χ2n) is 6.73. The molecule has 1 saturated heterocycles. The van der Waals surface area contributed by atoms with E-state index in [1.165, 1.54) is 19.2 Å². The summed E-state index contributed by atoms with van der Waals surface area (Å²) in [6.07, 6.45) is 1.68. The van der Waals surface area contributed by atoms with Crippen molar-refractivity contribution in [1.29, 1.82) is 0 Å². The molecule has 3 amide bonds. The molecule has 1 atom stereocenters. The van der Waals surface area contributed by atoms with Gasteiger partial charge in [-0.05, 0) is 43.9 Å². The van der Waals surface area contributed by atoms with Gasteiger partial charge in [-0.1, -0.05) is 0 Å². The lowest BCUT2D eigenvalue weighted by Crippen LogP contribution is -2.46. The minimum Gasteiger partial charge on any atom is -0.494 e. The van der Waals surface area contributed by atoms with Gasteiger partial charge in [0, 0.05) is 5.56 Å². The van der Waals surface area contributed by atoms with Gasteiger partial charge in [0.05, 0.1) is 7.11 Å². The SMILES string of the molecule is COc1ccc(C(=O)COC(=O)CN2C(=O)N[C@@](C)(C3CC3)C2=O)cc1F. The van der Waals surface area contributed by atoms with Crippen molar-refractivity contribution >= 4 is 23.7 Å². The lowest BCUT2D eigenvalue weighted by atomic mass is 9.96. The number of carbonyl (C=O) groups is 4. The minimum atomic E-state index is -0.992. The Kier molecular flexibility index (Phi) is 4.86. The molecule has 0 bridgehead atoms. The van der Waals surface area contributed by atoms with Crippen LogP contribution in [0.2, 0.25) is 0 Å². The molecule has 0 radical (unpaired) electrons. The number of amides is 3. The zero-order valence-electron chi connectivity index (χ0n) is 14.9. The number of halogens is 1. The largest absolute Gasteiger partial charge is 0.494 e. The van der Waals surface area contributed by atoms with Crippen molar-refractivity contribution in [2.75, 3.05) is 20.3 Å². The van der Waals surface area contributed by atoms with Gasteiger partial charge in [-0.3, -0.25) is 19.3 Å². The van der Waals surface area contributed by atoms with Gasteiger partial charge >= 0.3 is 12.0 Å². The quantitative estimate of drug-likeness (QED) is 0.436. The zero-order chi connectivity index (χ0) is 19.8. The van der Waals surface area contributed by atoms with Crippen LogP contribution in [0.5, 0.6) is 5.75 Å². The third-order valence-corrected chi connectivity index (χ3v) is 4.82. The summed E-state index contributed by atoms with van der Waals surface area (Å²) in [6.45, 7) is 0.420. The summed E-state index contributed by atoms with van der Waals surface area (Å²) >= 11 is 0. The van der Waals surface area contributed by atoms with Gasteiger partial charge < -0.3 is 14.8 Å². The first-order valence-electron chi connectivity index (χ1n) is 8.42. The summed E-state index contributed by atoms with van der Waals surface area (Å²) in [6, 6.07) is 2.95. The van der Waals surface area contributed by atoms with Crippen molar-refractivity contribution in [3.8, 4) is 5.75 Å². The Hall–Kier alpha value is -2.97. The number of carbonyl (C=O) groups excluding carboxylic acids is 4. The highest BCUT2D eigenvalue weighted by Gasteiger charge is 2.56. The molecule has 9 heteroatoms. The summed E-state index contributed by atoms with van der Waals surface area (Å²) in [5, 5.41) is 2.61. The van der Waals surface area contributed by atoms with E-state index in [-0.39, 0.29) is 17.2 Å². The van der Waals surface area contributed by atoms with Crippen LogP contribution in [0.1, 0.15) is 30.1 Å². The molecule has 0 spiro atoms. The van der Waals surface area contributed by atoms with Crippen molar-refractivity contribution in [3.05, 3.63) is 29.6 Å². The predicted molar refractivity (Wildman–Crippen MR) is 89.6 cm³/mol. The highest BCUT2D eigenvalue weighted by molar-refractivity contribution is 6.09. The Labute approximate surface area is 154 Å². The number of hydrogen-bond acceptors (Lipinski definition) is 6. The fourth-order valence-electron chi connectivity index (χ4n) is 3.04. The van der Waals surface area contributed by atoms with Crippen molar-refractivity contribution in [1.82, 2.24) is 10.2 Å². The van der Waals surface area contributed by atoms with E-state index in [1.807, 2.05) is 0 Å². The van der Waals surface area contributed by atoms with Gasteiger partial charge in [0.2, 0.25) is 0 Å². The molecular formula is C18H19FN2O6. The average Bonchev–Trinajstić information content (AvgIpc) is 3.46. The van der Waals surface area contributed by atoms with Crippen LogP contribution in [0.4, 0.5) is 9.18 Å². The highest BCUT2D eigenvalue weighted by atomic mass is 19.1. The average molecular weight is 378 g/mol. The van der Waals surface area contributed by atoms with Crippen LogP contribution in [0, 0.1) is 11.7 Å². The maximum atomic E-state index is 13.6. The van der Waals surface area contributed by atoms with Gasteiger partial charge in [0.25, 0.3) is 5.91 Å². The van der Waals surface area contributed by atoms with Crippen LogP contribution in [-0.2, 0) is 14.3 Å². The molecule has 1 aliphatic heterocycles. The maximum absolute atomic E-state index is 13.6. The smallest absolute Gasteiger partial charge is 0.326 e. The lowest BCUT2D eigenvalue weighted by molar-refractivity contribution is -0.146. The number of nitrogens with zero attached hydrogens (tertiary/aromatic N) is 1. The number of ether oxygens (including phenoxy) is 2. The van der Waals surface area contributed by atoms with E-state index < -0.39 is 48.2 Å². The van der Waals surface area contributed by atoms with Crippen LogP contribution >= 0.6 is 0 Å². The zero-order valence-corrected chi connectivity index (χ0v) is 14.9. The lowest BCUT2D eigenvalue weighted by Gasteiger charge is -2.20. The maximum Gasteiger partial charge on any atom is 0.326 e. The monoisotopic (exact) mass is 378 g/mol. The molecule has 1 heterocycles. The molecule has 1 N–H and O–H groups in total. The Balaban J connectivity index is 1.55. The van der Waals surface area contributed by atoms with E-state index >= 15 is 0 Å². The number of imide groups is 1. The molecule has 0 unspecified atom stereocenters. The number of benzene rings is 1. The number of nitrogens with one attached hydrogen (secondary N) is 1. The first-order valence-corrected chi connectivity index (χ1v) is 8.42. The van der Waals surface area contributed by atoms with Crippen LogP contribution in [0.25, 0.3) is 0 Å². The second-order valence-corrected chi connectivity index (χ2v) is 6.73. The van der Waals surface area contributed by atoms with Crippen LogP contribution in [0.15, 0.2) is 18.2 Å². The molecule has 1 aliphatic carbocycles. The summed E-state index contributed by atoms with van der Waals surface area (Å²) in [7, 11) is 1.30. The number of esters is 1. The van der Waals surface area contributed by atoms with Crippen LogP contribution < -0.4 is 10.1 Å².